The largest absolute Gasteiger partial charge is 0.346 e. The van der Waals surface area contributed by atoms with Crippen molar-refractivity contribution in [3.63, 3.8) is 0 Å². The van der Waals surface area contributed by atoms with Gasteiger partial charge in [-0.05, 0) is 20.8 Å². The lowest BCUT2D eigenvalue weighted by molar-refractivity contribution is 0.0914. The number of nitrogens with zero attached hydrogens (tertiary/aromatic N) is 1. The number of amides is 1. The molecule has 0 saturated heterocycles. The fourth-order valence-electron chi connectivity index (χ4n) is 0.871. The molecule has 0 saturated carbocycles. The van der Waals surface area contributed by atoms with Crippen LogP contribution in [0.3, 0.4) is 0 Å². The molecule has 0 fully saturated rings. The first-order valence-corrected chi connectivity index (χ1v) is 4.26. The number of rotatable bonds is 1. The van der Waals surface area contributed by atoms with Crippen molar-refractivity contribution in [3.8, 4) is 0 Å². The third-order valence-electron chi connectivity index (χ3n) is 1.39. The van der Waals surface area contributed by atoms with Crippen molar-refractivity contribution in [1.82, 2.24) is 15.3 Å². The van der Waals surface area contributed by atoms with Crippen LogP contribution in [0.2, 0.25) is 0 Å². The lowest BCUT2D eigenvalue weighted by Gasteiger charge is -2.19. The lowest BCUT2D eigenvalue weighted by atomic mass is 10.1. The number of aromatic amines is 1. The molecule has 5 nitrogen and oxygen atoms in total. The highest BCUT2D eigenvalue weighted by atomic mass is 16.2. The van der Waals surface area contributed by atoms with Crippen LogP contribution in [0, 0.1) is 0 Å². The van der Waals surface area contributed by atoms with Crippen LogP contribution < -0.4 is 10.9 Å². The highest BCUT2D eigenvalue weighted by Crippen LogP contribution is 2.00. The van der Waals surface area contributed by atoms with E-state index >= 15 is 0 Å². The molecule has 1 amide bonds. The van der Waals surface area contributed by atoms with Crippen LogP contribution in [0.4, 0.5) is 0 Å². The van der Waals surface area contributed by atoms with Gasteiger partial charge in [-0.1, -0.05) is 0 Å². The van der Waals surface area contributed by atoms with E-state index in [0.29, 0.717) is 0 Å². The monoisotopic (exact) mass is 195 g/mol. The van der Waals surface area contributed by atoms with Gasteiger partial charge in [0.15, 0.2) is 0 Å². The van der Waals surface area contributed by atoms with Crippen molar-refractivity contribution in [1.29, 1.82) is 0 Å². The number of hydrogen-bond donors (Lipinski definition) is 2. The van der Waals surface area contributed by atoms with Crippen LogP contribution in [0.1, 0.15) is 31.3 Å². The summed E-state index contributed by atoms with van der Waals surface area (Å²) < 4.78 is 0. The van der Waals surface area contributed by atoms with Gasteiger partial charge >= 0.3 is 0 Å². The maximum absolute atomic E-state index is 11.5. The van der Waals surface area contributed by atoms with Crippen molar-refractivity contribution in [2.75, 3.05) is 0 Å². The molecular formula is C9H13N3O2. The second-order valence-corrected chi connectivity index (χ2v) is 4.00. The molecule has 2 N–H and O–H groups in total. The summed E-state index contributed by atoms with van der Waals surface area (Å²) in [6.45, 7) is 5.61. The second-order valence-electron chi connectivity index (χ2n) is 4.00. The Hall–Kier alpha value is -1.65. The molecule has 1 heterocycles. The molecule has 0 spiro atoms. The van der Waals surface area contributed by atoms with Gasteiger partial charge in [0.25, 0.3) is 11.5 Å². The van der Waals surface area contributed by atoms with Crippen molar-refractivity contribution in [2.24, 2.45) is 0 Å². The third kappa shape index (κ3) is 3.01. The minimum atomic E-state index is -0.322. The molecule has 1 rings (SSSR count). The van der Waals surface area contributed by atoms with Gasteiger partial charge in [0, 0.05) is 11.7 Å². The Labute approximate surface area is 81.6 Å². The number of hydrogen-bond acceptors (Lipinski definition) is 3. The topological polar surface area (TPSA) is 74.8 Å². The summed E-state index contributed by atoms with van der Waals surface area (Å²) in [4.78, 5) is 28.2. The fraction of sp³-hybridized carbons (Fsp3) is 0.444. The highest BCUT2D eigenvalue weighted by molar-refractivity contribution is 5.92. The van der Waals surface area contributed by atoms with Gasteiger partial charge < -0.3 is 10.3 Å². The van der Waals surface area contributed by atoms with Gasteiger partial charge in [-0.3, -0.25) is 9.59 Å². The van der Waals surface area contributed by atoms with Crippen LogP contribution in [0.15, 0.2) is 17.2 Å². The average Bonchev–Trinajstić information content (AvgIpc) is 2.02. The predicted molar refractivity (Wildman–Crippen MR) is 52.1 cm³/mol. The van der Waals surface area contributed by atoms with Gasteiger partial charge in [-0.25, -0.2) is 4.98 Å². The predicted octanol–water partition coefficient (Wildman–Crippen LogP) is 0.298. The highest BCUT2D eigenvalue weighted by Gasteiger charge is 2.15. The number of aromatic nitrogens is 2. The number of carbonyl (C=O) groups excluding carboxylic acids is 1. The molecule has 76 valence electrons. The summed E-state index contributed by atoms with van der Waals surface area (Å²) in [5.74, 6) is -0.297. The van der Waals surface area contributed by atoms with E-state index in [9.17, 15) is 9.59 Å². The Balaban J connectivity index is 2.81. The SMILES string of the molecule is CC(C)(C)NC(=O)c1c[nH]c(=O)cn1. The number of carbonyl (C=O) groups is 1. The van der Waals surface area contributed by atoms with Gasteiger partial charge in [0.05, 0.1) is 6.20 Å². The molecule has 0 aliphatic carbocycles. The normalized spacial score (nSPS) is 11.1. The number of nitrogens with one attached hydrogen (secondary N) is 2. The molecule has 5 heteroatoms. The van der Waals surface area contributed by atoms with E-state index in [1.165, 1.54) is 6.20 Å². The second kappa shape index (κ2) is 3.61. The Kier molecular flexibility index (Phi) is 2.69. The maximum Gasteiger partial charge on any atom is 0.271 e. The lowest BCUT2D eigenvalue weighted by Crippen LogP contribution is -2.41. The smallest absolute Gasteiger partial charge is 0.271 e. The summed E-state index contributed by atoms with van der Waals surface area (Å²) in [6, 6.07) is 0. The van der Waals surface area contributed by atoms with Crippen molar-refractivity contribution < 1.29 is 4.79 Å². The van der Waals surface area contributed by atoms with Crippen LogP contribution in [-0.2, 0) is 0 Å². The van der Waals surface area contributed by atoms with E-state index in [0.717, 1.165) is 6.20 Å². The molecular weight excluding hydrogens is 182 g/mol. The summed E-state index contributed by atoms with van der Waals surface area (Å²) in [7, 11) is 0. The standard InChI is InChI=1S/C9H13N3O2/c1-9(2,3)12-8(14)6-4-11-7(13)5-10-6/h4-5H,1-3H3,(H,11,13)(H,12,14). The quantitative estimate of drug-likeness (QED) is 0.676. The van der Waals surface area contributed by atoms with E-state index in [-0.39, 0.29) is 22.7 Å². The molecule has 0 atom stereocenters. The molecule has 0 bridgehead atoms. The fourth-order valence-corrected chi connectivity index (χ4v) is 0.871. The van der Waals surface area contributed by atoms with Gasteiger partial charge in [0.1, 0.15) is 5.69 Å². The van der Waals surface area contributed by atoms with Crippen LogP contribution in [0.5, 0.6) is 0 Å². The van der Waals surface area contributed by atoms with Gasteiger partial charge in [0.2, 0.25) is 0 Å². The average molecular weight is 195 g/mol. The summed E-state index contributed by atoms with van der Waals surface area (Å²) >= 11 is 0. The summed E-state index contributed by atoms with van der Waals surface area (Å²) in [6.07, 6.45) is 2.38. The Morgan fingerprint density at radius 3 is 2.57 bits per heavy atom. The minimum Gasteiger partial charge on any atom is -0.346 e. The van der Waals surface area contributed by atoms with Gasteiger partial charge in [-0.2, -0.15) is 0 Å². The van der Waals surface area contributed by atoms with E-state index in [1.54, 1.807) is 0 Å². The first kappa shape index (κ1) is 10.4. The maximum atomic E-state index is 11.5. The zero-order valence-corrected chi connectivity index (χ0v) is 8.42. The molecule has 0 aromatic carbocycles. The molecule has 0 aliphatic heterocycles. The molecule has 0 aliphatic rings. The number of H-pyrrole nitrogens is 1. The van der Waals surface area contributed by atoms with E-state index in [2.05, 4.69) is 15.3 Å². The molecule has 1 aromatic rings. The molecule has 0 radical (unpaired) electrons. The summed E-state index contributed by atoms with van der Waals surface area (Å²) in [5.41, 5.74) is -0.425. The van der Waals surface area contributed by atoms with Crippen LogP contribution in [-0.4, -0.2) is 21.4 Å². The minimum absolute atomic E-state index is 0.208. The summed E-state index contributed by atoms with van der Waals surface area (Å²) in [5, 5.41) is 2.73. The van der Waals surface area contributed by atoms with Crippen LogP contribution in [0.25, 0.3) is 0 Å². The Morgan fingerprint density at radius 1 is 1.50 bits per heavy atom. The van der Waals surface area contributed by atoms with Gasteiger partial charge in [-0.15, -0.1) is 0 Å². The Bertz CT molecular complexity index is 369. The first-order chi connectivity index (χ1) is 6.38. The van der Waals surface area contributed by atoms with E-state index in [1.807, 2.05) is 20.8 Å². The van der Waals surface area contributed by atoms with Crippen molar-refractivity contribution in [3.05, 3.63) is 28.4 Å². The molecule has 1 aromatic heterocycles. The van der Waals surface area contributed by atoms with E-state index < -0.39 is 0 Å². The van der Waals surface area contributed by atoms with Crippen molar-refractivity contribution >= 4 is 5.91 Å². The third-order valence-corrected chi connectivity index (χ3v) is 1.39. The molecule has 0 unspecified atom stereocenters. The zero-order chi connectivity index (χ0) is 10.8. The van der Waals surface area contributed by atoms with Crippen molar-refractivity contribution in [2.45, 2.75) is 26.3 Å². The Morgan fingerprint density at radius 2 is 2.14 bits per heavy atom. The molecule has 14 heavy (non-hydrogen) atoms. The van der Waals surface area contributed by atoms with E-state index in [4.69, 9.17) is 0 Å². The zero-order valence-electron chi connectivity index (χ0n) is 8.42. The first-order valence-electron chi connectivity index (χ1n) is 4.26. The van der Waals surface area contributed by atoms with Crippen LogP contribution >= 0.6 is 0 Å².